The Labute approximate surface area is 104 Å². The van der Waals surface area contributed by atoms with Crippen molar-refractivity contribution in [2.45, 2.75) is 51.8 Å². The summed E-state index contributed by atoms with van der Waals surface area (Å²) < 4.78 is 5.46. The van der Waals surface area contributed by atoms with Crippen LogP contribution in [-0.2, 0) is 9.53 Å². The van der Waals surface area contributed by atoms with Gasteiger partial charge in [0.15, 0.2) is 0 Å². The number of hydrogen-bond donors (Lipinski definition) is 0. The summed E-state index contributed by atoms with van der Waals surface area (Å²) in [6.07, 6.45) is 3.13. The summed E-state index contributed by atoms with van der Waals surface area (Å²) in [5.74, 6) is -0.371. The van der Waals surface area contributed by atoms with Gasteiger partial charge < -0.3 is 4.74 Å². The minimum absolute atomic E-state index is 0.0370. The minimum Gasteiger partial charge on any atom is -0.453 e. The van der Waals surface area contributed by atoms with Crippen LogP contribution in [0.2, 0.25) is 0 Å². The molecular weight excluding hydrogens is 214 g/mol. The van der Waals surface area contributed by atoms with Crippen LogP contribution >= 0.6 is 0 Å². The Balaban J connectivity index is 3.13. The van der Waals surface area contributed by atoms with Gasteiger partial charge in [-0.3, -0.25) is 4.90 Å². The van der Waals surface area contributed by atoms with Crippen molar-refractivity contribution in [3.05, 3.63) is 24.3 Å². The van der Waals surface area contributed by atoms with Crippen LogP contribution in [0.4, 0.5) is 0 Å². The van der Waals surface area contributed by atoms with Gasteiger partial charge in [-0.2, -0.15) is 0 Å². The summed E-state index contributed by atoms with van der Waals surface area (Å²) in [5, 5.41) is 0. The fraction of sp³-hybridized carbons (Fsp3) is 0.643. The van der Waals surface area contributed by atoms with Gasteiger partial charge in [-0.25, -0.2) is 4.79 Å². The number of esters is 1. The molecule has 0 amide bonds. The molecule has 1 rings (SSSR count). The molecule has 1 heterocycles. The van der Waals surface area contributed by atoms with Gasteiger partial charge >= 0.3 is 5.97 Å². The van der Waals surface area contributed by atoms with Gasteiger partial charge in [0.2, 0.25) is 0 Å². The van der Waals surface area contributed by atoms with E-state index in [1.165, 1.54) is 6.08 Å². The largest absolute Gasteiger partial charge is 0.453 e. The van der Waals surface area contributed by atoms with Gasteiger partial charge in [-0.05, 0) is 47.2 Å². The quantitative estimate of drug-likeness (QED) is 0.420. The van der Waals surface area contributed by atoms with E-state index in [2.05, 4.69) is 52.3 Å². The van der Waals surface area contributed by atoms with Crippen molar-refractivity contribution in [3.63, 3.8) is 0 Å². The van der Waals surface area contributed by atoms with Crippen molar-refractivity contribution in [1.29, 1.82) is 0 Å². The zero-order valence-corrected chi connectivity index (χ0v) is 11.7. The third-order valence-corrected chi connectivity index (χ3v) is 3.77. The summed E-state index contributed by atoms with van der Waals surface area (Å²) in [5.41, 5.74) is 0.819. The Hall–Kier alpha value is -1.09. The number of carbonyl (C=O) groups is 1. The van der Waals surface area contributed by atoms with Crippen LogP contribution < -0.4 is 0 Å². The fourth-order valence-electron chi connectivity index (χ4n) is 2.61. The van der Waals surface area contributed by atoms with Gasteiger partial charge in [-0.15, -0.1) is 0 Å². The standard InChI is InChI=1S/C14H23NO2/c1-8-11(16)17-12-10(2)9-13(3,4)15(7)14(12,5)6/h8-9,12H,1H2,2-7H3. The Morgan fingerprint density at radius 2 is 2.00 bits per heavy atom. The Kier molecular flexibility index (Phi) is 3.53. The van der Waals surface area contributed by atoms with Crippen LogP contribution in [0, 0.1) is 0 Å². The van der Waals surface area contributed by atoms with Gasteiger partial charge in [0, 0.05) is 11.6 Å². The maximum absolute atomic E-state index is 11.4. The molecule has 0 fully saturated rings. The highest BCUT2D eigenvalue weighted by Crippen LogP contribution is 2.37. The van der Waals surface area contributed by atoms with E-state index in [1.54, 1.807) is 0 Å². The molecule has 96 valence electrons. The van der Waals surface area contributed by atoms with Crippen molar-refractivity contribution in [2.24, 2.45) is 0 Å². The van der Waals surface area contributed by atoms with E-state index in [1.807, 2.05) is 6.92 Å². The van der Waals surface area contributed by atoms with E-state index >= 15 is 0 Å². The minimum atomic E-state index is -0.371. The molecule has 1 atom stereocenters. The Bertz CT molecular complexity index is 366. The SMILES string of the molecule is C=CC(=O)OC1C(C)=CC(C)(C)N(C)C1(C)C. The highest BCUT2D eigenvalue weighted by atomic mass is 16.5. The topological polar surface area (TPSA) is 29.5 Å². The second-order valence-corrected chi connectivity index (χ2v) is 5.78. The monoisotopic (exact) mass is 237 g/mol. The Morgan fingerprint density at radius 3 is 2.47 bits per heavy atom. The van der Waals surface area contributed by atoms with E-state index in [4.69, 9.17) is 4.74 Å². The first-order chi connectivity index (χ1) is 7.63. The third kappa shape index (κ3) is 2.44. The maximum atomic E-state index is 11.4. The molecule has 1 aliphatic heterocycles. The van der Waals surface area contributed by atoms with E-state index in [0.717, 1.165) is 5.57 Å². The lowest BCUT2D eigenvalue weighted by atomic mass is 9.79. The number of likely N-dealkylation sites (N-methyl/N-ethyl adjacent to an activating group) is 1. The molecule has 17 heavy (non-hydrogen) atoms. The molecular formula is C14H23NO2. The summed E-state index contributed by atoms with van der Waals surface area (Å²) in [4.78, 5) is 13.6. The number of hydrogen-bond acceptors (Lipinski definition) is 3. The molecule has 0 spiro atoms. The molecule has 0 aromatic carbocycles. The second kappa shape index (κ2) is 4.30. The molecule has 0 bridgehead atoms. The average molecular weight is 237 g/mol. The van der Waals surface area contributed by atoms with Crippen molar-refractivity contribution in [1.82, 2.24) is 4.90 Å². The first-order valence-corrected chi connectivity index (χ1v) is 5.89. The summed E-state index contributed by atoms with van der Waals surface area (Å²) >= 11 is 0. The highest BCUT2D eigenvalue weighted by molar-refractivity contribution is 5.81. The summed E-state index contributed by atoms with van der Waals surface area (Å²) in [6, 6.07) is 0. The van der Waals surface area contributed by atoms with Gasteiger partial charge in [0.1, 0.15) is 6.10 Å². The maximum Gasteiger partial charge on any atom is 0.330 e. The molecule has 3 heteroatoms. The lowest BCUT2D eigenvalue weighted by Gasteiger charge is -2.52. The lowest BCUT2D eigenvalue weighted by Crippen LogP contribution is -2.62. The van der Waals surface area contributed by atoms with Gasteiger partial charge in [0.25, 0.3) is 0 Å². The van der Waals surface area contributed by atoms with Gasteiger partial charge in [0.05, 0.1) is 5.54 Å². The Morgan fingerprint density at radius 1 is 1.47 bits per heavy atom. The molecule has 3 nitrogen and oxygen atoms in total. The van der Waals surface area contributed by atoms with E-state index < -0.39 is 0 Å². The van der Waals surface area contributed by atoms with E-state index in [-0.39, 0.29) is 23.2 Å². The van der Waals surface area contributed by atoms with Crippen LogP contribution in [0.3, 0.4) is 0 Å². The molecule has 0 saturated heterocycles. The zero-order chi connectivity index (χ0) is 13.4. The number of rotatable bonds is 2. The fourth-order valence-corrected chi connectivity index (χ4v) is 2.61. The lowest BCUT2D eigenvalue weighted by molar-refractivity contribution is -0.150. The molecule has 0 saturated carbocycles. The van der Waals surface area contributed by atoms with Crippen LogP contribution in [-0.4, -0.2) is 35.1 Å². The first kappa shape index (κ1) is 14.0. The predicted molar refractivity (Wildman–Crippen MR) is 69.8 cm³/mol. The average Bonchev–Trinajstić information content (AvgIpc) is 2.21. The van der Waals surface area contributed by atoms with Gasteiger partial charge in [-0.1, -0.05) is 12.7 Å². The van der Waals surface area contributed by atoms with Crippen LogP contribution in [0.5, 0.6) is 0 Å². The molecule has 1 aliphatic rings. The van der Waals surface area contributed by atoms with E-state index in [9.17, 15) is 4.79 Å². The van der Waals surface area contributed by atoms with Crippen molar-refractivity contribution in [3.8, 4) is 0 Å². The normalized spacial score (nSPS) is 27.2. The van der Waals surface area contributed by atoms with E-state index in [0.29, 0.717) is 0 Å². The highest BCUT2D eigenvalue weighted by Gasteiger charge is 2.46. The van der Waals surface area contributed by atoms with Crippen molar-refractivity contribution in [2.75, 3.05) is 7.05 Å². The third-order valence-electron chi connectivity index (χ3n) is 3.77. The molecule has 0 aromatic heterocycles. The van der Waals surface area contributed by atoms with Crippen molar-refractivity contribution >= 4 is 5.97 Å². The van der Waals surface area contributed by atoms with Crippen LogP contribution in [0.25, 0.3) is 0 Å². The molecule has 0 N–H and O–H groups in total. The van der Waals surface area contributed by atoms with Crippen molar-refractivity contribution < 1.29 is 9.53 Å². The first-order valence-electron chi connectivity index (χ1n) is 5.89. The zero-order valence-electron chi connectivity index (χ0n) is 11.7. The number of ether oxygens (including phenoxy) is 1. The molecule has 0 aromatic rings. The number of carbonyl (C=O) groups excluding carboxylic acids is 1. The van der Waals surface area contributed by atoms with Crippen LogP contribution in [0.15, 0.2) is 24.3 Å². The smallest absolute Gasteiger partial charge is 0.330 e. The summed E-state index contributed by atoms with van der Waals surface area (Å²) in [6.45, 7) is 13.9. The molecule has 0 radical (unpaired) electrons. The predicted octanol–water partition coefficient (Wildman–Crippen LogP) is 2.53. The van der Waals surface area contributed by atoms with Crippen LogP contribution in [0.1, 0.15) is 34.6 Å². The number of nitrogens with zero attached hydrogens (tertiary/aromatic N) is 1. The molecule has 0 aliphatic carbocycles. The second-order valence-electron chi connectivity index (χ2n) is 5.78. The summed E-state index contributed by atoms with van der Waals surface area (Å²) in [7, 11) is 2.05. The molecule has 1 unspecified atom stereocenters.